The molecule has 1 aliphatic carbocycles. The Bertz CT molecular complexity index is 1130. The Morgan fingerprint density at radius 3 is 2.20 bits per heavy atom. The number of ketones is 2. The Labute approximate surface area is 140 Å². The first-order chi connectivity index (χ1) is 11.9. The number of hydrogen-bond acceptors (Lipinski definition) is 5. The van der Waals surface area contributed by atoms with Gasteiger partial charge < -0.3 is 15.3 Å². The number of benzene rings is 3. The van der Waals surface area contributed by atoms with E-state index in [-0.39, 0.29) is 27.5 Å². The van der Waals surface area contributed by atoms with E-state index in [9.17, 15) is 29.7 Å². The van der Waals surface area contributed by atoms with Crippen LogP contribution in [0.2, 0.25) is 0 Å². The molecule has 0 bridgehead atoms. The third-order valence-corrected chi connectivity index (χ3v) is 4.36. The van der Waals surface area contributed by atoms with E-state index in [0.29, 0.717) is 0 Å². The summed E-state index contributed by atoms with van der Waals surface area (Å²) in [6.45, 7) is 0. The van der Waals surface area contributed by atoms with E-state index in [2.05, 4.69) is 0 Å². The van der Waals surface area contributed by atoms with Crippen LogP contribution in [0.1, 0.15) is 42.2 Å². The van der Waals surface area contributed by atoms with Crippen LogP contribution in [0.15, 0.2) is 42.5 Å². The van der Waals surface area contributed by atoms with Crippen LogP contribution in [0.5, 0.6) is 11.5 Å². The van der Waals surface area contributed by atoms with E-state index < -0.39 is 40.2 Å². The van der Waals surface area contributed by atoms with E-state index in [1.165, 1.54) is 30.3 Å². The largest absolute Gasteiger partial charge is 0.872 e. The molecule has 122 valence electrons. The highest BCUT2D eigenvalue weighted by Gasteiger charge is 2.36. The second-order valence-electron chi connectivity index (χ2n) is 5.66. The Morgan fingerprint density at radius 2 is 1.52 bits per heavy atom. The van der Waals surface area contributed by atoms with Crippen molar-refractivity contribution in [1.29, 1.82) is 0 Å². The van der Waals surface area contributed by atoms with E-state index in [1.807, 2.05) is 0 Å². The molecule has 0 fully saturated rings. The average Bonchev–Trinajstić information content (AvgIpc) is 2.62. The molecule has 25 heavy (non-hydrogen) atoms. The lowest BCUT2D eigenvalue weighted by Gasteiger charge is -2.26. The summed E-state index contributed by atoms with van der Waals surface area (Å²) in [6, 6.07) is 9.93. The van der Waals surface area contributed by atoms with Gasteiger partial charge >= 0.3 is 5.97 Å². The van der Waals surface area contributed by atoms with Gasteiger partial charge in [-0.2, -0.15) is 0 Å². The number of carboxylic acids is 1. The van der Waals surface area contributed by atoms with Gasteiger partial charge in [0.25, 0.3) is 0 Å². The minimum absolute atomic E-state index is 0.123. The Hall–Kier alpha value is -3.67. The van der Waals surface area contributed by atoms with Gasteiger partial charge in [-0.3, -0.25) is 9.59 Å². The van der Waals surface area contributed by atoms with E-state index in [1.54, 1.807) is 12.1 Å². The zero-order valence-electron chi connectivity index (χ0n) is 12.6. The van der Waals surface area contributed by atoms with Gasteiger partial charge in [0.15, 0.2) is 11.6 Å². The molecule has 0 saturated carbocycles. The number of aromatic hydroxyl groups is 1. The lowest BCUT2D eigenvalue weighted by atomic mass is 9.79. The lowest BCUT2D eigenvalue weighted by molar-refractivity contribution is -0.266. The maximum absolute atomic E-state index is 12.9. The second-order valence-corrected chi connectivity index (χ2v) is 5.66. The number of carboxylic acid groups (broad SMARTS) is 1. The van der Waals surface area contributed by atoms with Gasteiger partial charge in [0.2, 0.25) is 0 Å². The molecular formula is C19H9O6-. The van der Waals surface area contributed by atoms with Crippen molar-refractivity contribution in [3.05, 3.63) is 70.3 Å². The van der Waals surface area contributed by atoms with Crippen LogP contribution in [-0.2, 0) is 0 Å². The Morgan fingerprint density at radius 1 is 0.840 bits per heavy atom. The summed E-state index contributed by atoms with van der Waals surface area (Å²) in [4.78, 5) is 37.1. The summed E-state index contributed by atoms with van der Waals surface area (Å²) in [7, 11) is 0. The van der Waals surface area contributed by atoms with Crippen molar-refractivity contribution in [1.82, 2.24) is 0 Å². The number of rotatable bonds is 1. The molecule has 0 amide bonds. The maximum atomic E-state index is 12.9. The van der Waals surface area contributed by atoms with Crippen molar-refractivity contribution < 1.29 is 29.7 Å². The van der Waals surface area contributed by atoms with Crippen molar-refractivity contribution in [3.8, 4) is 11.5 Å². The minimum atomic E-state index is -1.37. The fourth-order valence-electron chi connectivity index (χ4n) is 3.25. The van der Waals surface area contributed by atoms with Gasteiger partial charge in [0, 0.05) is 22.1 Å². The van der Waals surface area contributed by atoms with Crippen molar-refractivity contribution in [2.45, 2.75) is 0 Å². The first kappa shape index (κ1) is 14.9. The molecule has 0 radical (unpaired) electrons. The SMILES string of the molecule is O=C(O)c1cccc2c1C(=O)c1c(c([O-])c3ccccc3c1O)C2=O. The Balaban J connectivity index is 2.17. The molecule has 0 aliphatic heterocycles. The summed E-state index contributed by atoms with van der Waals surface area (Å²) >= 11 is 0. The molecule has 3 aromatic carbocycles. The van der Waals surface area contributed by atoms with E-state index in [0.717, 1.165) is 0 Å². The number of hydrogen-bond donors (Lipinski definition) is 2. The monoisotopic (exact) mass is 333 g/mol. The van der Waals surface area contributed by atoms with Gasteiger partial charge in [-0.1, -0.05) is 42.1 Å². The zero-order valence-corrected chi connectivity index (χ0v) is 12.6. The van der Waals surface area contributed by atoms with Crippen LogP contribution < -0.4 is 5.11 Å². The van der Waals surface area contributed by atoms with Gasteiger partial charge in [0.1, 0.15) is 5.75 Å². The molecule has 6 nitrogen and oxygen atoms in total. The minimum Gasteiger partial charge on any atom is -0.872 e. The predicted molar refractivity (Wildman–Crippen MR) is 85.3 cm³/mol. The molecule has 0 spiro atoms. The highest BCUT2D eigenvalue weighted by molar-refractivity contribution is 6.34. The van der Waals surface area contributed by atoms with Crippen molar-refractivity contribution in [3.63, 3.8) is 0 Å². The summed E-state index contributed by atoms with van der Waals surface area (Å²) in [5.74, 6) is -4.13. The molecule has 4 rings (SSSR count). The number of fused-ring (bicyclic) bond motifs is 3. The number of phenolic OH excluding ortho intramolecular Hbond substituents is 1. The standard InChI is InChI=1S/C19H10O6/c20-15-8-4-1-2-5-9(8)16(21)14-13(15)17(22)10-6-3-7-11(19(24)25)12(10)18(14)23/h1-7,20-21H,(H,24,25)/p-1. The van der Waals surface area contributed by atoms with Gasteiger partial charge in [-0.05, 0) is 11.5 Å². The molecule has 6 heteroatoms. The average molecular weight is 333 g/mol. The summed E-state index contributed by atoms with van der Waals surface area (Å²) < 4.78 is 0. The van der Waals surface area contributed by atoms with Gasteiger partial charge in [0.05, 0.1) is 11.1 Å². The quantitative estimate of drug-likeness (QED) is 0.551. The summed E-state index contributed by atoms with van der Waals surface area (Å²) in [5.41, 5.74) is -1.66. The highest BCUT2D eigenvalue weighted by Crippen LogP contribution is 2.43. The highest BCUT2D eigenvalue weighted by atomic mass is 16.4. The summed E-state index contributed by atoms with van der Waals surface area (Å²) in [6.07, 6.45) is 0. The first-order valence-electron chi connectivity index (χ1n) is 7.34. The smallest absolute Gasteiger partial charge is 0.336 e. The molecular weight excluding hydrogens is 324 g/mol. The molecule has 0 saturated heterocycles. The third kappa shape index (κ3) is 1.82. The van der Waals surface area contributed by atoms with Crippen LogP contribution in [0, 0.1) is 0 Å². The molecule has 0 unspecified atom stereocenters. The van der Waals surface area contributed by atoms with Crippen LogP contribution in [-0.4, -0.2) is 27.7 Å². The first-order valence-corrected chi connectivity index (χ1v) is 7.34. The number of aromatic carboxylic acids is 1. The van der Waals surface area contributed by atoms with Crippen LogP contribution in [0.25, 0.3) is 10.8 Å². The molecule has 1 aliphatic rings. The predicted octanol–water partition coefficient (Wildman–Crippen LogP) is 2.09. The number of phenols is 1. The van der Waals surface area contributed by atoms with Crippen LogP contribution >= 0.6 is 0 Å². The number of carbonyl (C=O) groups is 3. The molecule has 2 N–H and O–H groups in total. The maximum Gasteiger partial charge on any atom is 0.336 e. The second kappa shape index (κ2) is 4.91. The lowest BCUT2D eigenvalue weighted by Crippen LogP contribution is -2.25. The van der Waals surface area contributed by atoms with E-state index >= 15 is 0 Å². The fraction of sp³-hybridized carbons (Fsp3) is 0. The topological polar surface area (TPSA) is 115 Å². The van der Waals surface area contributed by atoms with Crippen molar-refractivity contribution in [2.24, 2.45) is 0 Å². The van der Waals surface area contributed by atoms with Crippen molar-refractivity contribution >= 4 is 28.3 Å². The molecule has 0 atom stereocenters. The third-order valence-electron chi connectivity index (χ3n) is 4.36. The normalized spacial score (nSPS) is 12.8. The molecule has 3 aromatic rings. The van der Waals surface area contributed by atoms with Crippen molar-refractivity contribution in [2.75, 3.05) is 0 Å². The van der Waals surface area contributed by atoms with Crippen LogP contribution in [0.4, 0.5) is 0 Å². The summed E-state index contributed by atoms with van der Waals surface area (Å²) in [5, 5.41) is 32.8. The fourth-order valence-corrected chi connectivity index (χ4v) is 3.25. The number of carbonyl (C=O) groups excluding carboxylic acids is 2. The molecule has 0 aromatic heterocycles. The zero-order chi connectivity index (χ0) is 17.9. The van der Waals surface area contributed by atoms with Gasteiger partial charge in [-0.25, -0.2) is 4.79 Å². The van der Waals surface area contributed by atoms with E-state index in [4.69, 9.17) is 0 Å². The molecule has 0 heterocycles. The van der Waals surface area contributed by atoms with Crippen LogP contribution in [0.3, 0.4) is 0 Å². The van der Waals surface area contributed by atoms with Gasteiger partial charge in [-0.15, -0.1) is 0 Å². The Kier molecular flexibility index (Phi) is 2.93.